The predicted octanol–water partition coefficient (Wildman–Crippen LogP) is 8.74. The third kappa shape index (κ3) is 8.68. The van der Waals surface area contributed by atoms with E-state index in [1.807, 2.05) is 0 Å². The van der Waals surface area contributed by atoms with Crippen LogP contribution in [0, 0.1) is 41.5 Å². The maximum absolute atomic E-state index is 6.69. The minimum atomic E-state index is -1.79. The Bertz CT molecular complexity index is 1220. The number of aryl methyl sites for hydroxylation is 6. The average molecular weight is 579 g/mol. The molecular weight excluding hydrogens is 534 g/mol. The van der Waals surface area contributed by atoms with E-state index in [1.54, 1.807) is 0 Å². The Morgan fingerprint density at radius 3 is 1.00 bits per heavy atom. The molecule has 0 saturated heterocycles. The standard InChI is InChI=1S/C32H44O2P2Si2/c1-21-17-23(3)29(24(4)18-21)31(33-37(7,8)9)35-27-13-15-28(16-14-27)36-32(34-38(10,11)12)30-25(5)19-22(2)20-26(30)6/h13-20H,1-12H3. The molecule has 0 atom stereocenters. The summed E-state index contributed by atoms with van der Waals surface area (Å²) in [6.45, 7) is 26.7. The van der Waals surface area contributed by atoms with Crippen molar-refractivity contribution in [3.63, 3.8) is 0 Å². The van der Waals surface area contributed by atoms with E-state index in [2.05, 4.69) is 129 Å². The summed E-state index contributed by atoms with van der Waals surface area (Å²) in [4.78, 5) is 0. The topological polar surface area (TPSA) is 18.5 Å². The summed E-state index contributed by atoms with van der Waals surface area (Å²) in [7, 11) is -1.35. The van der Waals surface area contributed by atoms with Crippen LogP contribution in [0.5, 0.6) is 0 Å². The van der Waals surface area contributed by atoms with Crippen molar-refractivity contribution in [1.29, 1.82) is 0 Å². The largest absolute Gasteiger partial charge is 0.381 e. The van der Waals surface area contributed by atoms with Crippen molar-refractivity contribution in [2.24, 2.45) is 0 Å². The van der Waals surface area contributed by atoms with Gasteiger partial charge in [-0.3, -0.25) is 0 Å². The molecule has 0 radical (unpaired) electrons. The number of benzene rings is 3. The lowest BCUT2D eigenvalue weighted by Gasteiger charge is -2.23. The molecule has 0 fully saturated rings. The lowest BCUT2D eigenvalue weighted by Crippen LogP contribution is -2.30. The molecule has 0 amide bonds. The van der Waals surface area contributed by atoms with Crippen molar-refractivity contribution in [3.05, 3.63) is 93.0 Å². The van der Waals surface area contributed by atoms with Crippen LogP contribution in [-0.2, 0) is 8.85 Å². The normalized spacial score (nSPS) is 13.3. The first kappa shape index (κ1) is 30.9. The second-order valence-corrected chi connectivity index (χ2v) is 23.5. The van der Waals surface area contributed by atoms with Crippen LogP contribution in [0.1, 0.15) is 44.5 Å². The van der Waals surface area contributed by atoms with Gasteiger partial charge in [-0.05, 0) is 144 Å². The van der Waals surface area contributed by atoms with Gasteiger partial charge in [-0.25, -0.2) is 0 Å². The molecule has 0 bridgehead atoms. The van der Waals surface area contributed by atoms with Gasteiger partial charge in [-0.2, -0.15) is 0 Å². The maximum atomic E-state index is 6.69. The van der Waals surface area contributed by atoms with Crippen LogP contribution >= 0.6 is 16.4 Å². The summed E-state index contributed by atoms with van der Waals surface area (Å²) in [5.41, 5.74) is 12.4. The summed E-state index contributed by atoms with van der Waals surface area (Å²) in [6.07, 6.45) is 0. The molecular formula is C32H44O2P2Si2. The first-order valence-corrected chi connectivity index (χ1v) is 21.9. The molecule has 0 spiro atoms. The molecule has 0 heterocycles. The van der Waals surface area contributed by atoms with Gasteiger partial charge < -0.3 is 8.85 Å². The van der Waals surface area contributed by atoms with Crippen LogP contribution in [-0.4, -0.2) is 27.6 Å². The van der Waals surface area contributed by atoms with Gasteiger partial charge in [0.15, 0.2) is 16.6 Å². The lowest BCUT2D eigenvalue weighted by atomic mass is 10.0. The summed E-state index contributed by atoms with van der Waals surface area (Å²) < 4.78 is 13.4. The van der Waals surface area contributed by atoms with E-state index in [-0.39, 0.29) is 0 Å². The van der Waals surface area contributed by atoms with E-state index in [4.69, 9.17) is 8.85 Å². The highest BCUT2D eigenvalue weighted by Gasteiger charge is 2.22. The molecule has 0 aliphatic carbocycles. The fraction of sp³-hybridized carbons (Fsp3) is 0.375. The van der Waals surface area contributed by atoms with Gasteiger partial charge in [0.1, 0.15) is 0 Å². The molecule has 0 unspecified atom stereocenters. The van der Waals surface area contributed by atoms with Crippen LogP contribution < -0.4 is 10.6 Å². The van der Waals surface area contributed by atoms with E-state index >= 15 is 0 Å². The smallest absolute Gasteiger partial charge is 0.192 e. The highest BCUT2D eigenvalue weighted by atomic mass is 31.1. The summed E-state index contributed by atoms with van der Waals surface area (Å²) in [5.74, 6) is 0. The Hall–Kier alpha value is -1.65. The van der Waals surface area contributed by atoms with Gasteiger partial charge in [-0.1, -0.05) is 35.4 Å². The summed E-state index contributed by atoms with van der Waals surface area (Å²) in [6, 6.07) is 18.0. The lowest BCUT2D eigenvalue weighted by molar-refractivity contribution is 0.566. The van der Waals surface area contributed by atoms with Crippen LogP contribution in [0.3, 0.4) is 0 Å². The summed E-state index contributed by atoms with van der Waals surface area (Å²) >= 11 is 0. The Kier molecular flexibility index (Phi) is 9.96. The Morgan fingerprint density at radius 1 is 0.500 bits per heavy atom. The first-order valence-electron chi connectivity index (χ1n) is 13.3. The third-order valence-corrected chi connectivity index (χ3v) is 10.0. The molecule has 0 aromatic heterocycles. The monoisotopic (exact) mass is 578 g/mol. The zero-order valence-corrected chi connectivity index (χ0v) is 29.1. The van der Waals surface area contributed by atoms with Crippen LogP contribution in [0.2, 0.25) is 39.3 Å². The van der Waals surface area contributed by atoms with Crippen molar-refractivity contribution in [2.75, 3.05) is 0 Å². The summed E-state index contributed by atoms with van der Waals surface area (Å²) in [5, 5.41) is 2.49. The molecule has 3 rings (SSSR count). The van der Waals surface area contributed by atoms with Crippen molar-refractivity contribution in [3.8, 4) is 0 Å². The fourth-order valence-corrected chi connectivity index (χ4v) is 10.1. The van der Waals surface area contributed by atoms with E-state index in [9.17, 15) is 0 Å². The first-order chi connectivity index (χ1) is 17.5. The van der Waals surface area contributed by atoms with Crippen LogP contribution in [0.15, 0.2) is 48.5 Å². The van der Waals surface area contributed by atoms with Gasteiger partial charge in [0.05, 0.1) is 11.0 Å². The quantitative estimate of drug-likeness (QED) is 0.197. The van der Waals surface area contributed by atoms with Gasteiger partial charge in [0, 0.05) is 21.7 Å². The number of rotatable bonds is 8. The van der Waals surface area contributed by atoms with E-state index < -0.39 is 16.6 Å². The predicted molar refractivity (Wildman–Crippen MR) is 178 cm³/mol. The van der Waals surface area contributed by atoms with Gasteiger partial charge in [0.2, 0.25) is 0 Å². The highest BCUT2D eigenvalue weighted by molar-refractivity contribution is 7.50. The second-order valence-electron chi connectivity index (χ2n) is 12.3. The van der Waals surface area contributed by atoms with Gasteiger partial charge in [-0.15, -0.1) is 0 Å². The van der Waals surface area contributed by atoms with E-state index in [0.29, 0.717) is 0 Å². The zero-order valence-electron chi connectivity index (χ0n) is 25.3. The zero-order chi connectivity index (χ0) is 28.4. The second kappa shape index (κ2) is 12.3. The molecule has 0 aliphatic rings. The molecule has 3 aromatic carbocycles. The molecule has 3 aromatic rings. The SMILES string of the molecule is Cc1cc(C)c(C(O[Si](C)(C)C)=Pc2ccc(P=C(O[Si](C)(C)C)c3c(C)cc(C)cc3C)cc2)c(C)c1. The Morgan fingerprint density at radius 2 is 0.763 bits per heavy atom. The molecule has 6 heteroatoms. The van der Waals surface area contributed by atoms with Crippen molar-refractivity contribution in [1.82, 2.24) is 0 Å². The third-order valence-electron chi connectivity index (χ3n) is 5.90. The molecule has 38 heavy (non-hydrogen) atoms. The fourth-order valence-electron chi connectivity index (χ4n) is 4.71. The van der Waals surface area contributed by atoms with Crippen LogP contribution in [0.25, 0.3) is 0 Å². The number of hydrogen-bond donors (Lipinski definition) is 0. The van der Waals surface area contributed by atoms with E-state index in [1.165, 1.54) is 55.1 Å². The Labute approximate surface area is 236 Å². The van der Waals surface area contributed by atoms with Crippen LogP contribution in [0.4, 0.5) is 0 Å². The average Bonchev–Trinajstić information content (AvgIpc) is 2.71. The minimum Gasteiger partial charge on any atom is -0.381 e. The minimum absolute atomic E-state index is 1.07. The molecule has 202 valence electrons. The molecule has 0 N–H and O–H groups in total. The van der Waals surface area contributed by atoms with Crippen molar-refractivity contribution in [2.45, 2.75) is 80.8 Å². The Balaban J connectivity index is 2.07. The maximum Gasteiger partial charge on any atom is 0.192 e. The molecule has 0 saturated carbocycles. The van der Waals surface area contributed by atoms with E-state index in [0.717, 1.165) is 27.4 Å². The van der Waals surface area contributed by atoms with Crippen molar-refractivity contribution >= 4 is 54.6 Å². The highest BCUT2D eigenvalue weighted by Crippen LogP contribution is 2.26. The number of hydrogen-bond acceptors (Lipinski definition) is 2. The molecule has 0 aliphatic heterocycles. The molecule has 2 nitrogen and oxygen atoms in total. The van der Waals surface area contributed by atoms with Gasteiger partial charge >= 0.3 is 0 Å². The van der Waals surface area contributed by atoms with Gasteiger partial charge in [0.25, 0.3) is 0 Å². The van der Waals surface area contributed by atoms with Crippen molar-refractivity contribution < 1.29 is 8.85 Å².